The van der Waals surface area contributed by atoms with Gasteiger partial charge in [-0.1, -0.05) is 53.6 Å². The summed E-state index contributed by atoms with van der Waals surface area (Å²) in [5.74, 6) is -0.697. The second kappa shape index (κ2) is 7.10. The molecule has 0 N–H and O–H groups in total. The Balaban J connectivity index is 1.41. The molecule has 5 nitrogen and oxygen atoms in total. The van der Waals surface area contributed by atoms with E-state index >= 15 is 0 Å². The van der Waals surface area contributed by atoms with Gasteiger partial charge in [-0.3, -0.25) is 14.4 Å². The van der Waals surface area contributed by atoms with Crippen LogP contribution in [0.3, 0.4) is 0 Å². The molecule has 1 saturated carbocycles. The van der Waals surface area contributed by atoms with E-state index in [-0.39, 0.29) is 47.9 Å². The number of aryl methyl sites for hydroxylation is 1. The molecule has 2 aliphatic carbocycles. The van der Waals surface area contributed by atoms with Crippen LogP contribution in [0.25, 0.3) is 0 Å². The lowest BCUT2D eigenvalue weighted by atomic mass is 9.85. The van der Waals surface area contributed by atoms with Crippen LogP contribution >= 0.6 is 11.6 Å². The second-order valence-corrected chi connectivity index (χ2v) is 8.64. The van der Waals surface area contributed by atoms with E-state index in [1.54, 1.807) is 30.3 Å². The summed E-state index contributed by atoms with van der Waals surface area (Å²) in [6, 6.07) is 12.0. The molecular weight excluding hydrogens is 402 g/mol. The number of ketones is 1. The molecular formula is C24H20ClNO4. The van der Waals surface area contributed by atoms with Crippen LogP contribution in [0.15, 0.2) is 54.6 Å². The number of benzene rings is 2. The van der Waals surface area contributed by atoms with E-state index < -0.39 is 0 Å². The van der Waals surface area contributed by atoms with Gasteiger partial charge in [0, 0.05) is 10.6 Å². The van der Waals surface area contributed by atoms with Crippen LogP contribution in [0.4, 0.5) is 5.69 Å². The Labute approximate surface area is 179 Å². The summed E-state index contributed by atoms with van der Waals surface area (Å²) in [5.41, 5.74) is 1.91. The molecule has 0 aromatic heterocycles. The molecule has 2 aromatic carbocycles. The van der Waals surface area contributed by atoms with Crippen molar-refractivity contribution in [2.75, 3.05) is 11.5 Å². The number of fused-ring (bicyclic) bond motifs is 5. The summed E-state index contributed by atoms with van der Waals surface area (Å²) in [4.78, 5) is 40.0. The minimum absolute atomic E-state index is 0.119. The average Bonchev–Trinajstić information content (AvgIpc) is 3.41. The first-order chi connectivity index (χ1) is 14.4. The first kappa shape index (κ1) is 19.1. The van der Waals surface area contributed by atoms with Gasteiger partial charge < -0.3 is 4.74 Å². The van der Waals surface area contributed by atoms with E-state index in [4.69, 9.17) is 16.3 Å². The van der Waals surface area contributed by atoms with Crippen LogP contribution in [0.5, 0.6) is 5.75 Å². The first-order valence-corrected chi connectivity index (χ1v) is 10.4. The van der Waals surface area contributed by atoms with Crippen molar-refractivity contribution in [1.29, 1.82) is 0 Å². The molecule has 1 aliphatic heterocycles. The molecule has 1 heterocycles. The highest BCUT2D eigenvalue weighted by Gasteiger charge is 2.59. The van der Waals surface area contributed by atoms with E-state index in [0.717, 1.165) is 12.0 Å². The number of imide groups is 1. The summed E-state index contributed by atoms with van der Waals surface area (Å²) in [6.45, 7) is 1.75. The number of amides is 2. The summed E-state index contributed by atoms with van der Waals surface area (Å²) in [5, 5.41) is 0.390. The third-order valence-electron chi connectivity index (χ3n) is 6.36. The van der Waals surface area contributed by atoms with Crippen LogP contribution in [0.2, 0.25) is 5.02 Å². The molecule has 2 aromatic rings. The lowest BCUT2D eigenvalue weighted by Gasteiger charge is -2.21. The van der Waals surface area contributed by atoms with Gasteiger partial charge in [0.2, 0.25) is 11.8 Å². The monoisotopic (exact) mass is 421 g/mol. The Morgan fingerprint density at radius 3 is 2.30 bits per heavy atom. The molecule has 2 amide bonds. The Bertz CT molecular complexity index is 1060. The van der Waals surface area contributed by atoms with Crippen molar-refractivity contribution in [3.8, 4) is 5.75 Å². The lowest BCUT2D eigenvalue weighted by molar-refractivity contribution is -0.123. The number of allylic oxidation sites excluding steroid dienone is 2. The zero-order chi connectivity index (χ0) is 21.0. The highest BCUT2D eigenvalue weighted by Crippen LogP contribution is 2.54. The van der Waals surface area contributed by atoms with Gasteiger partial charge in [-0.2, -0.15) is 0 Å². The van der Waals surface area contributed by atoms with E-state index in [9.17, 15) is 14.4 Å². The molecule has 2 bridgehead atoms. The van der Waals surface area contributed by atoms with Gasteiger partial charge in [0.05, 0.1) is 17.5 Å². The maximum Gasteiger partial charge on any atom is 0.238 e. The topological polar surface area (TPSA) is 63.7 Å². The quantitative estimate of drug-likeness (QED) is 0.412. The van der Waals surface area contributed by atoms with E-state index in [1.807, 2.05) is 19.1 Å². The van der Waals surface area contributed by atoms with Gasteiger partial charge >= 0.3 is 0 Å². The van der Waals surface area contributed by atoms with Crippen LogP contribution < -0.4 is 9.64 Å². The van der Waals surface area contributed by atoms with E-state index in [0.29, 0.717) is 22.0 Å². The van der Waals surface area contributed by atoms with Gasteiger partial charge in [0.15, 0.2) is 12.4 Å². The van der Waals surface area contributed by atoms with Crippen molar-refractivity contribution in [2.24, 2.45) is 23.7 Å². The largest absolute Gasteiger partial charge is 0.483 e. The van der Waals surface area contributed by atoms with Crippen LogP contribution in [0.1, 0.15) is 22.3 Å². The van der Waals surface area contributed by atoms with Crippen molar-refractivity contribution >= 4 is 34.9 Å². The number of halogens is 1. The third-order valence-corrected chi connectivity index (χ3v) is 6.60. The molecule has 4 atom stereocenters. The first-order valence-electron chi connectivity index (χ1n) is 10.0. The number of Topliss-reactive ketones (excluding diaryl/α,β-unsaturated/α-hetero) is 1. The molecule has 1 saturated heterocycles. The highest BCUT2D eigenvalue weighted by atomic mass is 35.5. The lowest BCUT2D eigenvalue weighted by Crippen LogP contribution is -2.33. The molecule has 0 radical (unpaired) electrons. The second-order valence-electron chi connectivity index (χ2n) is 8.20. The number of ether oxygens (including phenoxy) is 1. The maximum atomic E-state index is 13.1. The number of hydrogen-bond acceptors (Lipinski definition) is 4. The minimum Gasteiger partial charge on any atom is -0.483 e. The Morgan fingerprint density at radius 1 is 1.03 bits per heavy atom. The third kappa shape index (κ3) is 2.96. The standard InChI is InChI=1S/C24H20ClNO4/c1-13-2-4-14(5-3-13)19(27)12-30-20-9-8-17(25)11-18(20)26-23(28)21-15-6-7-16(10-15)22(21)24(26)29/h2-9,11,15-16,21-22H,10,12H2,1H3/t15-,16+,21-,22+. The maximum absolute atomic E-state index is 13.1. The smallest absolute Gasteiger partial charge is 0.238 e. The molecule has 3 aliphatic rings. The number of nitrogens with zero attached hydrogens (tertiary/aromatic N) is 1. The molecule has 2 fully saturated rings. The predicted molar refractivity (Wildman–Crippen MR) is 113 cm³/mol. The highest BCUT2D eigenvalue weighted by molar-refractivity contribution is 6.31. The van der Waals surface area contributed by atoms with Crippen molar-refractivity contribution in [3.63, 3.8) is 0 Å². The fourth-order valence-electron chi connectivity index (χ4n) is 4.89. The Hall–Kier alpha value is -2.92. The minimum atomic E-state index is -0.312. The summed E-state index contributed by atoms with van der Waals surface area (Å²) < 4.78 is 5.77. The number of hydrogen-bond donors (Lipinski definition) is 0. The normalized spacial score (nSPS) is 26.4. The summed E-state index contributed by atoms with van der Waals surface area (Å²) in [7, 11) is 0. The van der Waals surface area contributed by atoms with Gasteiger partial charge in [0.1, 0.15) is 5.75 Å². The molecule has 0 spiro atoms. The number of carbonyl (C=O) groups is 3. The zero-order valence-electron chi connectivity index (χ0n) is 16.4. The van der Waals surface area contributed by atoms with E-state index in [2.05, 4.69) is 12.2 Å². The van der Waals surface area contributed by atoms with Gasteiger partial charge in [-0.25, -0.2) is 4.90 Å². The molecule has 152 valence electrons. The Morgan fingerprint density at radius 2 is 1.67 bits per heavy atom. The van der Waals surface area contributed by atoms with E-state index in [1.165, 1.54) is 4.90 Å². The molecule has 5 rings (SSSR count). The van der Waals surface area contributed by atoms with Crippen LogP contribution in [-0.4, -0.2) is 24.2 Å². The average molecular weight is 422 g/mol. The number of rotatable bonds is 5. The fraction of sp³-hybridized carbons (Fsp3) is 0.292. The predicted octanol–water partition coefficient (Wildman–Crippen LogP) is 4.22. The number of anilines is 1. The van der Waals surface area contributed by atoms with Crippen molar-refractivity contribution < 1.29 is 19.1 Å². The van der Waals surface area contributed by atoms with Crippen LogP contribution in [0, 0.1) is 30.6 Å². The Kier molecular flexibility index (Phi) is 4.51. The van der Waals surface area contributed by atoms with Gasteiger partial charge in [-0.15, -0.1) is 0 Å². The van der Waals surface area contributed by atoms with Crippen molar-refractivity contribution in [1.82, 2.24) is 0 Å². The fourth-order valence-corrected chi connectivity index (χ4v) is 5.06. The van der Waals surface area contributed by atoms with Crippen LogP contribution in [-0.2, 0) is 9.59 Å². The SMILES string of the molecule is Cc1ccc(C(=O)COc2ccc(Cl)cc2N2C(=O)[C@@H]3[C@H](C2=O)[C@@H]2C=C[C@H]3C2)cc1. The molecule has 30 heavy (non-hydrogen) atoms. The zero-order valence-corrected chi connectivity index (χ0v) is 17.1. The summed E-state index contributed by atoms with van der Waals surface area (Å²) >= 11 is 6.17. The number of carbonyl (C=O) groups excluding carboxylic acids is 3. The van der Waals surface area contributed by atoms with Crippen molar-refractivity contribution in [2.45, 2.75) is 13.3 Å². The van der Waals surface area contributed by atoms with Gasteiger partial charge in [-0.05, 0) is 43.4 Å². The van der Waals surface area contributed by atoms with Crippen molar-refractivity contribution in [3.05, 3.63) is 70.8 Å². The molecule has 6 heteroatoms. The van der Waals surface area contributed by atoms with Gasteiger partial charge in [0.25, 0.3) is 0 Å². The summed E-state index contributed by atoms with van der Waals surface area (Å²) in [6.07, 6.45) is 4.97. The molecule has 0 unspecified atom stereocenters.